The number of aryl methyl sites for hydroxylation is 1. The van der Waals surface area contributed by atoms with Crippen molar-refractivity contribution in [3.05, 3.63) is 59.3 Å². The first kappa shape index (κ1) is 19.8. The topological polar surface area (TPSA) is 92.9 Å². The molecule has 1 amide bonds. The fourth-order valence-corrected chi connectivity index (χ4v) is 3.23. The first-order valence-corrected chi connectivity index (χ1v) is 9.27. The van der Waals surface area contributed by atoms with E-state index in [0.717, 1.165) is 0 Å². The molecule has 1 fully saturated rings. The van der Waals surface area contributed by atoms with Gasteiger partial charge in [-0.15, -0.1) is 0 Å². The molecule has 2 aromatic rings. The Balaban J connectivity index is 1.98. The van der Waals surface area contributed by atoms with E-state index in [2.05, 4.69) is 4.98 Å². The lowest BCUT2D eigenvalue weighted by atomic mass is 10.00. The summed E-state index contributed by atoms with van der Waals surface area (Å²) in [6.07, 6.45) is 3.68. The molecule has 3 rings (SSSR count). The molecule has 1 aliphatic rings. The molecule has 28 heavy (non-hydrogen) atoms. The molecule has 0 saturated carbocycles. The lowest BCUT2D eigenvalue weighted by Crippen LogP contribution is -2.31. The number of carbonyl (C=O) groups is 2. The largest absolute Gasteiger partial charge is 0.507 e. The number of nitrogens with zero attached hydrogens (tertiary/aromatic N) is 2. The lowest BCUT2D eigenvalue weighted by Gasteiger charge is -2.23. The van der Waals surface area contributed by atoms with Gasteiger partial charge in [-0.1, -0.05) is 0 Å². The van der Waals surface area contributed by atoms with Gasteiger partial charge in [-0.3, -0.25) is 14.6 Å². The van der Waals surface area contributed by atoms with E-state index in [1.54, 1.807) is 31.2 Å². The number of amides is 1. The molecule has 2 aromatic heterocycles. The van der Waals surface area contributed by atoms with Gasteiger partial charge < -0.3 is 19.2 Å². The minimum Gasteiger partial charge on any atom is -0.507 e. The van der Waals surface area contributed by atoms with Gasteiger partial charge >= 0.3 is 0 Å². The van der Waals surface area contributed by atoms with E-state index in [0.29, 0.717) is 36.7 Å². The Morgan fingerprint density at radius 3 is 2.57 bits per heavy atom. The molecule has 7 heteroatoms. The van der Waals surface area contributed by atoms with E-state index in [-0.39, 0.29) is 17.4 Å². The van der Waals surface area contributed by atoms with Crippen LogP contribution in [-0.4, -0.2) is 45.9 Å². The molecule has 0 bridgehead atoms. The Morgan fingerprint density at radius 2 is 1.96 bits per heavy atom. The maximum Gasteiger partial charge on any atom is 0.295 e. The molecule has 0 aromatic carbocycles. The standard InChI is InChI=1S/C21H24N2O5/c1-13(2)27-12-4-11-23-18(16-6-5-14(3)28-16)17(20(25)21(23)26)19(24)15-7-9-22-10-8-15/h5-10,13,18,24H,4,11-12H2,1-3H3/b19-17-. The van der Waals surface area contributed by atoms with Crippen LogP contribution in [0.2, 0.25) is 0 Å². The number of rotatable bonds is 7. The fraction of sp³-hybridized carbons (Fsp3) is 0.381. The normalized spacial score (nSPS) is 19.0. The molecule has 148 valence electrons. The number of ketones is 1. The number of Topliss-reactive ketones (excluding diaryl/α,β-unsaturated/α-hetero) is 1. The molecule has 1 atom stereocenters. The van der Waals surface area contributed by atoms with Crippen LogP contribution in [0.25, 0.3) is 5.76 Å². The molecule has 1 saturated heterocycles. The van der Waals surface area contributed by atoms with Gasteiger partial charge in [-0.05, 0) is 51.5 Å². The second-order valence-electron chi connectivity index (χ2n) is 6.95. The van der Waals surface area contributed by atoms with Gasteiger partial charge in [0.1, 0.15) is 23.3 Å². The number of carbonyl (C=O) groups excluding carboxylic acids is 2. The van der Waals surface area contributed by atoms with Gasteiger partial charge in [-0.25, -0.2) is 0 Å². The first-order valence-electron chi connectivity index (χ1n) is 9.27. The highest BCUT2D eigenvalue weighted by Gasteiger charge is 2.47. The van der Waals surface area contributed by atoms with E-state index in [9.17, 15) is 14.7 Å². The minimum atomic E-state index is -0.777. The van der Waals surface area contributed by atoms with E-state index < -0.39 is 17.7 Å². The van der Waals surface area contributed by atoms with Crippen LogP contribution < -0.4 is 0 Å². The zero-order valence-corrected chi connectivity index (χ0v) is 16.2. The summed E-state index contributed by atoms with van der Waals surface area (Å²) in [7, 11) is 0. The van der Waals surface area contributed by atoms with Crippen molar-refractivity contribution < 1.29 is 23.8 Å². The molecule has 0 radical (unpaired) electrons. The van der Waals surface area contributed by atoms with Gasteiger partial charge in [0.15, 0.2) is 0 Å². The lowest BCUT2D eigenvalue weighted by molar-refractivity contribution is -0.140. The van der Waals surface area contributed by atoms with Crippen molar-refractivity contribution in [3.63, 3.8) is 0 Å². The SMILES string of the molecule is Cc1ccc(C2/C(=C(/O)c3ccncc3)C(=O)C(=O)N2CCCOC(C)C)o1. The Labute approximate surface area is 163 Å². The highest BCUT2D eigenvalue weighted by molar-refractivity contribution is 6.46. The third kappa shape index (κ3) is 3.99. The number of pyridine rings is 1. The molecule has 1 unspecified atom stereocenters. The van der Waals surface area contributed by atoms with E-state index in [1.807, 2.05) is 13.8 Å². The summed E-state index contributed by atoms with van der Waals surface area (Å²) in [5, 5.41) is 10.8. The van der Waals surface area contributed by atoms with Crippen LogP contribution in [0.3, 0.4) is 0 Å². The molecule has 1 aliphatic heterocycles. The van der Waals surface area contributed by atoms with Crippen molar-refractivity contribution in [2.24, 2.45) is 0 Å². The average molecular weight is 384 g/mol. The third-order valence-electron chi connectivity index (χ3n) is 4.52. The highest BCUT2D eigenvalue weighted by Crippen LogP contribution is 2.39. The van der Waals surface area contributed by atoms with Crippen molar-refractivity contribution in [2.75, 3.05) is 13.2 Å². The van der Waals surface area contributed by atoms with Crippen LogP contribution in [0.5, 0.6) is 0 Å². The number of aromatic nitrogens is 1. The molecule has 3 heterocycles. The second-order valence-corrected chi connectivity index (χ2v) is 6.95. The predicted octanol–water partition coefficient (Wildman–Crippen LogP) is 3.22. The van der Waals surface area contributed by atoms with Crippen LogP contribution in [0.1, 0.15) is 43.4 Å². The van der Waals surface area contributed by atoms with Gasteiger partial charge in [-0.2, -0.15) is 0 Å². The number of aliphatic hydroxyl groups is 1. The minimum absolute atomic E-state index is 0.0235. The average Bonchev–Trinajstić information content (AvgIpc) is 3.21. The first-order chi connectivity index (χ1) is 13.4. The number of ether oxygens (including phenoxy) is 1. The van der Waals surface area contributed by atoms with Crippen LogP contribution in [0.4, 0.5) is 0 Å². The smallest absolute Gasteiger partial charge is 0.295 e. The summed E-state index contributed by atoms with van der Waals surface area (Å²) in [4.78, 5) is 30.8. The zero-order chi connectivity index (χ0) is 20.3. The number of likely N-dealkylation sites (tertiary alicyclic amines) is 1. The van der Waals surface area contributed by atoms with Crippen LogP contribution >= 0.6 is 0 Å². The van der Waals surface area contributed by atoms with Gasteiger partial charge in [0.05, 0.1) is 11.7 Å². The summed E-state index contributed by atoms with van der Waals surface area (Å²) in [5.41, 5.74) is 0.444. The maximum atomic E-state index is 12.8. The second kappa shape index (κ2) is 8.39. The predicted molar refractivity (Wildman–Crippen MR) is 102 cm³/mol. The van der Waals surface area contributed by atoms with Gasteiger partial charge in [0.2, 0.25) is 0 Å². The molecule has 0 aliphatic carbocycles. The van der Waals surface area contributed by atoms with Crippen LogP contribution in [-0.2, 0) is 14.3 Å². The van der Waals surface area contributed by atoms with Crippen molar-refractivity contribution in [1.29, 1.82) is 0 Å². The molecule has 0 spiro atoms. The Hall–Kier alpha value is -2.93. The van der Waals surface area contributed by atoms with Crippen molar-refractivity contribution in [3.8, 4) is 0 Å². The number of furan rings is 1. The third-order valence-corrected chi connectivity index (χ3v) is 4.52. The highest BCUT2D eigenvalue weighted by atomic mass is 16.5. The van der Waals surface area contributed by atoms with Crippen molar-refractivity contribution in [2.45, 2.75) is 39.3 Å². The summed E-state index contributed by atoms with van der Waals surface area (Å²) in [6.45, 7) is 6.44. The Kier molecular flexibility index (Phi) is 5.94. The van der Waals surface area contributed by atoms with Crippen LogP contribution in [0, 0.1) is 6.92 Å². The Bertz CT molecular complexity index is 885. The monoisotopic (exact) mass is 384 g/mol. The molecule has 1 N–H and O–H groups in total. The zero-order valence-electron chi connectivity index (χ0n) is 16.2. The van der Waals surface area contributed by atoms with E-state index in [4.69, 9.17) is 9.15 Å². The van der Waals surface area contributed by atoms with Gasteiger partial charge in [0.25, 0.3) is 11.7 Å². The maximum absolute atomic E-state index is 12.8. The fourth-order valence-electron chi connectivity index (χ4n) is 3.23. The van der Waals surface area contributed by atoms with Crippen LogP contribution in [0.15, 0.2) is 46.6 Å². The summed E-state index contributed by atoms with van der Waals surface area (Å²) < 4.78 is 11.3. The number of hydrogen-bond donors (Lipinski definition) is 1. The van der Waals surface area contributed by atoms with E-state index in [1.165, 1.54) is 17.3 Å². The Morgan fingerprint density at radius 1 is 1.25 bits per heavy atom. The number of hydrogen-bond acceptors (Lipinski definition) is 6. The summed E-state index contributed by atoms with van der Waals surface area (Å²) in [5.74, 6) is -0.511. The summed E-state index contributed by atoms with van der Waals surface area (Å²) >= 11 is 0. The summed E-state index contributed by atoms with van der Waals surface area (Å²) in [6, 6.07) is 5.89. The van der Waals surface area contributed by atoms with Gasteiger partial charge in [0, 0.05) is 31.1 Å². The molecular weight excluding hydrogens is 360 g/mol. The molecular formula is C21H24N2O5. The van der Waals surface area contributed by atoms with Crippen molar-refractivity contribution in [1.82, 2.24) is 9.88 Å². The van der Waals surface area contributed by atoms with Crippen molar-refractivity contribution >= 4 is 17.4 Å². The molecule has 7 nitrogen and oxygen atoms in total. The number of aliphatic hydroxyl groups excluding tert-OH is 1. The van der Waals surface area contributed by atoms with E-state index >= 15 is 0 Å². The quantitative estimate of drug-likeness (QED) is 0.341.